The molecule has 3 unspecified atom stereocenters. The van der Waals surface area contributed by atoms with Gasteiger partial charge in [0, 0.05) is 51.0 Å². The summed E-state index contributed by atoms with van der Waals surface area (Å²) < 4.78 is 5.29. The number of benzene rings is 2. The van der Waals surface area contributed by atoms with Gasteiger partial charge in [-0.1, -0.05) is 12.1 Å². The standard InChI is InChI=1S/C23H31N5O2/c1-15-13-17(7-10-19(15)23(29)27(2)3)26-21-22-25-14-20(28(22)12-11-24-21)16-5-8-18(30-4)9-6-16/h5-10,13,20-22,24-26H,11-12,14H2,1-4H3. The number of fused-ring (bicyclic) bond motifs is 1. The molecule has 160 valence electrons. The van der Waals surface area contributed by atoms with Gasteiger partial charge in [-0.15, -0.1) is 0 Å². The molecule has 3 N–H and O–H groups in total. The maximum Gasteiger partial charge on any atom is 0.253 e. The van der Waals surface area contributed by atoms with Gasteiger partial charge in [0.05, 0.1) is 13.3 Å². The van der Waals surface area contributed by atoms with Crippen LogP contribution in [0.4, 0.5) is 5.69 Å². The van der Waals surface area contributed by atoms with E-state index in [4.69, 9.17) is 4.74 Å². The van der Waals surface area contributed by atoms with Gasteiger partial charge in [0.2, 0.25) is 0 Å². The van der Waals surface area contributed by atoms with Crippen LogP contribution >= 0.6 is 0 Å². The van der Waals surface area contributed by atoms with Crippen LogP contribution in [0.15, 0.2) is 42.5 Å². The summed E-state index contributed by atoms with van der Waals surface area (Å²) in [6.07, 6.45) is 0.269. The molecule has 0 spiro atoms. The number of nitrogens with one attached hydrogen (secondary N) is 3. The summed E-state index contributed by atoms with van der Waals surface area (Å²) in [6, 6.07) is 14.6. The smallest absolute Gasteiger partial charge is 0.253 e. The maximum atomic E-state index is 12.3. The number of ether oxygens (including phenoxy) is 1. The lowest BCUT2D eigenvalue weighted by molar-refractivity contribution is 0.0827. The molecular formula is C23H31N5O2. The van der Waals surface area contributed by atoms with Crippen molar-refractivity contribution in [2.24, 2.45) is 0 Å². The average Bonchev–Trinajstić information content (AvgIpc) is 3.18. The number of anilines is 1. The molecule has 2 saturated heterocycles. The first-order valence-corrected chi connectivity index (χ1v) is 10.4. The van der Waals surface area contributed by atoms with Gasteiger partial charge in [0.1, 0.15) is 11.9 Å². The van der Waals surface area contributed by atoms with Crippen molar-refractivity contribution in [3.63, 3.8) is 0 Å². The van der Waals surface area contributed by atoms with Crippen molar-refractivity contribution in [3.8, 4) is 5.75 Å². The summed E-state index contributed by atoms with van der Waals surface area (Å²) in [5.41, 5.74) is 4.02. The number of methoxy groups -OCH3 is 1. The van der Waals surface area contributed by atoms with E-state index in [9.17, 15) is 4.79 Å². The quantitative estimate of drug-likeness (QED) is 0.702. The molecule has 0 saturated carbocycles. The number of hydrogen-bond acceptors (Lipinski definition) is 6. The Labute approximate surface area is 178 Å². The summed E-state index contributed by atoms with van der Waals surface area (Å²) in [5, 5.41) is 10.9. The minimum atomic E-state index is 0.0285. The highest BCUT2D eigenvalue weighted by molar-refractivity contribution is 5.95. The molecule has 2 aromatic rings. The second-order valence-electron chi connectivity index (χ2n) is 8.19. The summed E-state index contributed by atoms with van der Waals surface area (Å²) in [6.45, 7) is 4.79. The first-order valence-electron chi connectivity index (χ1n) is 10.4. The van der Waals surface area contributed by atoms with E-state index in [2.05, 4.69) is 33.0 Å². The van der Waals surface area contributed by atoms with Crippen LogP contribution in [0.1, 0.15) is 27.5 Å². The van der Waals surface area contributed by atoms with Crippen molar-refractivity contribution in [1.82, 2.24) is 20.4 Å². The van der Waals surface area contributed by atoms with Crippen LogP contribution in [0, 0.1) is 6.92 Å². The molecule has 3 atom stereocenters. The minimum absolute atomic E-state index is 0.0285. The molecule has 30 heavy (non-hydrogen) atoms. The zero-order chi connectivity index (χ0) is 21.3. The average molecular weight is 410 g/mol. The van der Waals surface area contributed by atoms with Crippen molar-refractivity contribution in [2.45, 2.75) is 25.3 Å². The lowest BCUT2D eigenvalue weighted by atomic mass is 10.1. The van der Waals surface area contributed by atoms with Crippen molar-refractivity contribution in [3.05, 3.63) is 59.2 Å². The molecule has 1 amide bonds. The molecule has 2 fully saturated rings. The predicted molar refractivity (Wildman–Crippen MR) is 119 cm³/mol. The van der Waals surface area contributed by atoms with E-state index in [0.717, 1.165) is 42.2 Å². The van der Waals surface area contributed by atoms with Crippen molar-refractivity contribution >= 4 is 11.6 Å². The van der Waals surface area contributed by atoms with E-state index < -0.39 is 0 Å². The lowest BCUT2D eigenvalue weighted by Gasteiger charge is -2.40. The number of nitrogens with zero attached hydrogens (tertiary/aromatic N) is 2. The Hall–Kier alpha value is -2.61. The van der Waals surface area contributed by atoms with Crippen LogP contribution in [0.2, 0.25) is 0 Å². The monoisotopic (exact) mass is 409 g/mol. The minimum Gasteiger partial charge on any atom is -0.497 e. The molecule has 4 rings (SSSR count). The fourth-order valence-corrected chi connectivity index (χ4v) is 4.41. The number of carbonyl (C=O) groups excluding carboxylic acids is 1. The third-order valence-corrected chi connectivity index (χ3v) is 6.01. The normalized spacial score (nSPS) is 23.7. The van der Waals surface area contributed by atoms with Crippen molar-refractivity contribution in [2.75, 3.05) is 46.2 Å². The molecule has 0 radical (unpaired) electrons. The second kappa shape index (κ2) is 8.63. The zero-order valence-corrected chi connectivity index (χ0v) is 18.1. The fraction of sp³-hybridized carbons (Fsp3) is 0.435. The highest BCUT2D eigenvalue weighted by Gasteiger charge is 2.40. The number of aryl methyl sites for hydroxylation is 1. The molecule has 7 nitrogen and oxygen atoms in total. The van der Waals surface area contributed by atoms with Crippen LogP contribution in [-0.2, 0) is 0 Å². The van der Waals surface area contributed by atoms with Gasteiger partial charge in [-0.3, -0.25) is 20.3 Å². The molecule has 2 aliphatic rings. The largest absolute Gasteiger partial charge is 0.497 e. The molecule has 0 aromatic heterocycles. The fourth-order valence-electron chi connectivity index (χ4n) is 4.41. The summed E-state index contributed by atoms with van der Waals surface area (Å²) in [7, 11) is 5.25. The van der Waals surface area contributed by atoms with Gasteiger partial charge in [-0.2, -0.15) is 0 Å². The highest BCUT2D eigenvalue weighted by Crippen LogP contribution is 2.31. The van der Waals surface area contributed by atoms with Gasteiger partial charge in [0.15, 0.2) is 0 Å². The van der Waals surface area contributed by atoms with Crippen molar-refractivity contribution in [1.29, 1.82) is 0 Å². The number of hydrogen-bond donors (Lipinski definition) is 3. The van der Waals surface area contributed by atoms with E-state index in [1.165, 1.54) is 5.56 Å². The first kappa shape index (κ1) is 20.7. The number of carbonyl (C=O) groups is 1. The number of piperazine rings is 1. The van der Waals surface area contributed by atoms with Crippen LogP contribution in [0.25, 0.3) is 0 Å². The third-order valence-electron chi connectivity index (χ3n) is 6.01. The van der Waals surface area contributed by atoms with Crippen LogP contribution in [0.5, 0.6) is 5.75 Å². The van der Waals surface area contributed by atoms with Crippen LogP contribution in [0.3, 0.4) is 0 Å². The number of amides is 1. The molecule has 7 heteroatoms. The zero-order valence-electron chi connectivity index (χ0n) is 18.1. The van der Waals surface area contributed by atoms with Gasteiger partial charge in [-0.05, 0) is 48.4 Å². The van der Waals surface area contributed by atoms with Gasteiger partial charge in [0.25, 0.3) is 5.91 Å². The second-order valence-corrected chi connectivity index (χ2v) is 8.19. The SMILES string of the molecule is COc1ccc(C2CNC3C(Nc4ccc(C(=O)N(C)C)c(C)c4)NCCN23)cc1. The Morgan fingerprint density at radius 1 is 1.17 bits per heavy atom. The molecule has 0 bridgehead atoms. The Balaban J connectivity index is 1.47. The number of rotatable bonds is 5. The molecule has 2 aliphatic heterocycles. The Kier molecular flexibility index (Phi) is 5.94. The predicted octanol–water partition coefficient (Wildman–Crippen LogP) is 2.02. The molecular weight excluding hydrogens is 378 g/mol. The summed E-state index contributed by atoms with van der Waals surface area (Å²) >= 11 is 0. The van der Waals surface area contributed by atoms with Crippen LogP contribution < -0.4 is 20.7 Å². The van der Waals surface area contributed by atoms with E-state index in [1.807, 2.05) is 37.3 Å². The van der Waals surface area contributed by atoms with E-state index in [-0.39, 0.29) is 18.2 Å². The topological polar surface area (TPSA) is 68.9 Å². The summed E-state index contributed by atoms with van der Waals surface area (Å²) in [5.74, 6) is 0.911. The lowest BCUT2D eigenvalue weighted by Crippen LogP contribution is -2.62. The van der Waals surface area contributed by atoms with Gasteiger partial charge in [-0.25, -0.2) is 0 Å². The van der Waals surface area contributed by atoms with E-state index >= 15 is 0 Å². The Bertz CT molecular complexity index is 899. The Morgan fingerprint density at radius 2 is 1.93 bits per heavy atom. The third kappa shape index (κ3) is 4.01. The maximum absolute atomic E-state index is 12.3. The molecule has 2 heterocycles. The highest BCUT2D eigenvalue weighted by atomic mass is 16.5. The van der Waals surface area contributed by atoms with E-state index in [0.29, 0.717) is 6.04 Å². The summed E-state index contributed by atoms with van der Waals surface area (Å²) in [4.78, 5) is 16.4. The van der Waals surface area contributed by atoms with Crippen molar-refractivity contribution < 1.29 is 9.53 Å². The Morgan fingerprint density at radius 3 is 2.60 bits per heavy atom. The van der Waals surface area contributed by atoms with Gasteiger partial charge < -0.3 is 15.0 Å². The van der Waals surface area contributed by atoms with Crippen LogP contribution in [-0.4, -0.2) is 68.9 Å². The first-order chi connectivity index (χ1) is 14.5. The van der Waals surface area contributed by atoms with Gasteiger partial charge >= 0.3 is 0 Å². The molecule has 0 aliphatic carbocycles. The van der Waals surface area contributed by atoms with E-state index in [1.54, 1.807) is 26.1 Å². The molecule has 2 aromatic carbocycles.